The van der Waals surface area contributed by atoms with Crippen LogP contribution in [0.4, 0.5) is 10.5 Å². The Morgan fingerprint density at radius 1 is 1.00 bits per heavy atom. The zero-order chi connectivity index (χ0) is 23.2. The number of fused-ring (bicyclic) bond motifs is 1. The van der Waals surface area contributed by atoms with Crippen LogP contribution < -0.4 is 10.2 Å². The lowest BCUT2D eigenvalue weighted by Crippen LogP contribution is -2.34. The van der Waals surface area contributed by atoms with E-state index < -0.39 is 22.1 Å². The third kappa shape index (κ3) is 3.76. The van der Waals surface area contributed by atoms with Crippen LogP contribution in [-0.4, -0.2) is 37.8 Å². The third-order valence-corrected chi connectivity index (χ3v) is 7.90. The highest BCUT2D eigenvalue weighted by Crippen LogP contribution is 2.33. The average molecular weight is 462 g/mol. The first-order valence-corrected chi connectivity index (χ1v) is 12.2. The molecule has 3 aromatic rings. The van der Waals surface area contributed by atoms with Gasteiger partial charge in [-0.2, -0.15) is 0 Å². The van der Waals surface area contributed by atoms with E-state index >= 15 is 0 Å². The summed E-state index contributed by atoms with van der Waals surface area (Å²) in [5.74, 6) is -0.117. The van der Waals surface area contributed by atoms with Crippen LogP contribution in [0.25, 0.3) is 0 Å². The first-order valence-electron chi connectivity index (χ1n) is 10.7. The Hall–Kier alpha value is -3.65. The maximum atomic E-state index is 13.3. The van der Waals surface area contributed by atoms with Crippen molar-refractivity contribution in [1.29, 1.82) is 0 Å². The number of hydrogen-bond donors (Lipinski definition) is 1. The molecular formula is C25H23N3O4S. The van der Waals surface area contributed by atoms with E-state index in [1.807, 2.05) is 49.4 Å². The molecule has 168 valence electrons. The smallest absolute Gasteiger partial charge is 0.328 e. The molecule has 1 atom stereocenters. The summed E-state index contributed by atoms with van der Waals surface area (Å²) in [7, 11) is -4.03. The zero-order valence-corrected chi connectivity index (χ0v) is 18.9. The van der Waals surface area contributed by atoms with Crippen molar-refractivity contribution in [2.24, 2.45) is 0 Å². The molecule has 8 heteroatoms. The van der Waals surface area contributed by atoms with Gasteiger partial charge in [0.15, 0.2) is 0 Å². The lowest BCUT2D eigenvalue weighted by Gasteiger charge is -2.19. The van der Waals surface area contributed by atoms with Crippen LogP contribution in [0.3, 0.4) is 0 Å². The monoisotopic (exact) mass is 461 g/mol. The van der Waals surface area contributed by atoms with Gasteiger partial charge in [0, 0.05) is 17.8 Å². The minimum Gasteiger partial charge on any atom is -0.328 e. The number of rotatable bonds is 4. The SMILES string of the molecule is Cc1ccc(C(=O)N2CCc3cc(S(=O)(=O)N4CC(c5ccccc5)NC4=O)ccc32)cc1. The highest BCUT2D eigenvalue weighted by molar-refractivity contribution is 7.89. The molecule has 0 aliphatic carbocycles. The number of nitrogens with zero attached hydrogens (tertiary/aromatic N) is 2. The molecule has 0 spiro atoms. The molecule has 2 aliphatic heterocycles. The van der Waals surface area contributed by atoms with Gasteiger partial charge in [0.1, 0.15) is 0 Å². The van der Waals surface area contributed by atoms with Crippen molar-refractivity contribution in [3.8, 4) is 0 Å². The molecule has 2 heterocycles. The molecule has 2 aliphatic rings. The number of anilines is 1. The summed E-state index contributed by atoms with van der Waals surface area (Å²) in [6.45, 7) is 2.47. The van der Waals surface area contributed by atoms with Crippen LogP contribution in [0.1, 0.15) is 33.1 Å². The number of urea groups is 1. The Morgan fingerprint density at radius 3 is 2.45 bits per heavy atom. The molecule has 33 heavy (non-hydrogen) atoms. The molecule has 1 saturated heterocycles. The van der Waals surface area contributed by atoms with Gasteiger partial charge in [-0.15, -0.1) is 0 Å². The van der Waals surface area contributed by atoms with Gasteiger partial charge >= 0.3 is 6.03 Å². The van der Waals surface area contributed by atoms with Crippen LogP contribution in [-0.2, 0) is 16.4 Å². The first kappa shape index (κ1) is 21.2. The first-order chi connectivity index (χ1) is 15.8. The van der Waals surface area contributed by atoms with Crippen molar-refractivity contribution >= 4 is 27.6 Å². The van der Waals surface area contributed by atoms with Crippen LogP contribution in [0, 0.1) is 6.92 Å². The Bertz CT molecular complexity index is 1340. The van der Waals surface area contributed by atoms with Crippen molar-refractivity contribution in [3.05, 3.63) is 95.1 Å². The van der Waals surface area contributed by atoms with E-state index in [1.54, 1.807) is 29.2 Å². The Kier molecular flexibility index (Phi) is 5.17. The van der Waals surface area contributed by atoms with E-state index in [4.69, 9.17) is 0 Å². The van der Waals surface area contributed by atoms with Crippen molar-refractivity contribution in [2.45, 2.75) is 24.3 Å². The number of carbonyl (C=O) groups is 2. The highest BCUT2D eigenvalue weighted by Gasteiger charge is 2.39. The van der Waals surface area contributed by atoms with E-state index in [1.165, 1.54) is 6.07 Å². The number of nitrogens with one attached hydrogen (secondary N) is 1. The van der Waals surface area contributed by atoms with Crippen LogP contribution in [0.15, 0.2) is 77.7 Å². The summed E-state index contributed by atoms with van der Waals surface area (Å²) in [4.78, 5) is 27.2. The minimum absolute atomic E-state index is 0.0281. The number of benzene rings is 3. The van der Waals surface area contributed by atoms with Crippen LogP contribution in [0.5, 0.6) is 0 Å². The Balaban J connectivity index is 1.39. The van der Waals surface area contributed by atoms with Gasteiger partial charge in [0.25, 0.3) is 15.9 Å². The Morgan fingerprint density at radius 2 is 1.73 bits per heavy atom. The standard InChI is InChI=1S/C25H23N3O4S/c1-17-7-9-19(10-8-17)24(29)27-14-13-20-15-21(11-12-23(20)27)33(31,32)28-16-22(26-25(28)30)18-5-3-2-4-6-18/h2-12,15,22H,13-14,16H2,1H3,(H,26,30). The van der Waals surface area contributed by atoms with Crippen molar-refractivity contribution in [3.63, 3.8) is 0 Å². The Labute approximate surface area is 192 Å². The quantitative estimate of drug-likeness (QED) is 0.643. The summed E-state index contributed by atoms with van der Waals surface area (Å²) < 4.78 is 27.4. The van der Waals surface area contributed by atoms with Crippen LogP contribution in [0.2, 0.25) is 0 Å². The molecule has 0 aromatic heterocycles. The van der Waals surface area contributed by atoms with Crippen molar-refractivity contribution in [1.82, 2.24) is 9.62 Å². The summed E-state index contributed by atoms with van der Waals surface area (Å²) in [6, 6.07) is 20.3. The summed E-state index contributed by atoms with van der Waals surface area (Å²) in [5.41, 5.74) is 3.99. The lowest BCUT2D eigenvalue weighted by atomic mass is 10.1. The predicted molar refractivity (Wildman–Crippen MR) is 125 cm³/mol. The molecule has 0 radical (unpaired) electrons. The summed E-state index contributed by atoms with van der Waals surface area (Å²) >= 11 is 0. The normalized spacial score (nSPS) is 17.7. The lowest BCUT2D eigenvalue weighted by molar-refractivity contribution is 0.0989. The van der Waals surface area contributed by atoms with Crippen molar-refractivity contribution < 1.29 is 18.0 Å². The molecule has 5 rings (SSSR count). The van der Waals surface area contributed by atoms with E-state index in [9.17, 15) is 18.0 Å². The minimum atomic E-state index is -4.03. The molecule has 7 nitrogen and oxygen atoms in total. The van der Waals surface area contributed by atoms with Gasteiger partial charge in [-0.3, -0.25) is 4.79 Å². The summed E-state index contributed by atoms with van der Waals surface area (Å²) in [5, 5.41) is 2.75. The van der Waals surface area contributed by atoms with Gasteiger partial charge in [0.2, 0.25) is 0 Å². The number of hydrogen-bond acceptors (Lipinski definition) is 4. The molecular weight excluding hydrogens is 438 g/mol. The second-order valence-electron chi connectivity index (χ2n) is 8.31. The van der Waals surface area contributed by atoms with E-state index in [0.717, 1.165) is 21.0 Å². The maximum absolute atomic E-state index is 13.3. The van der Waals surface area contributed by atoms with Gasteiger partial charge in [0.05, 0.1) is 17.5 Å². The fourth-order valence-corrected chi connectivity index (χ4v) is 5.73. The molecule has 0 saturated carbocycles. The summed E-state index contributed by atoms with van der Waals surface area (Å²) in [6.07, 6.45) is 0.551. The molecule has 3 amide bonds. The molecule has 1 N–H and O–H groups in total. The molecule has 1 unspecified atom stereocenters. The van der Waals surface area contributed by atoms with Gasteiger partial charge in [-0.1, -0.05) is 48.0 Å². The fraction of sp³-hybridized carbons (Fsp3) is 0.200. The number of aryl methyl sites for hydroxylation is 1. The van der Waals surface area contributed by atoms with E-state index in [2.05, 4.69) is 5.32 Å². The predicted octanol–water partition coefficient (Wildman–Crippen LogP) is 3.65. The van der Waals surface area contributed by atoms with Gasteiger partial charge in [-0.05, 0) is 54.8 Å². The van der Waals surface area contributed by atoms with Crippen LogP contribution >= 0.6 is 0 Å². The van der Waals surface area contributed by atoms with Gasteiger partial charge in [-0.25, -0.2) is 17.5 Å². The molecule has 0 bridgehead atoms. The van der Waals surface area contributed by atoms with E-state index in [-0.39, 0.29) is 17.3 Å². The average Bonchev–Trinajstić information content (AvgIpc) is 3.43. The fourth-order valence-electron chi connectivity index (χ4n) is 4.33. The molecule has 3 aromatic carbocycles. The number of amides is 3. The number of sulfonamides is 1. The second kappa shape index (κ2) is 8.04. The molecule has 1 fully saturated rings. The largest absolute Gasteiger partial charge is 0.331 e. The third-order valence-electron chi connectivity index (χ3n) is 6.15. The van der Waals surface area contributed by atoms with E-state index in [0.29, 0.717) is 24.2 Å². The topological polar surface area (TPSA) is 86.8 Å². The van der Waals surface area contributed by atoms with Gasteiger partial charge < -0.3 is 10.2 Å². The zero-order valence-electron chi connectivity index (χ0n) is 18.1. The van der Waals surface area contributed by atoms with Crippen molar-refractivity contribution in [2.75, 3.05) is 18.0 Å². The number of carbonyl (C=O) groups excluding carboxylic acids is 2. The second-order valence-corrected chi connectivity index (χ2v) is 10.2. The maximum Gasteiger partial charge on any atom is 0.331 e. The highest BCUT2D eigenvalue weighted by atomic mass is 32.2.